The molecule has 1 N–H and O–H groups in total. The molecule has 0 aromatic heterocycles. The standard InChI is InChI=1S/C18H34O2/c1-4-6-8-10-12-14-17(16(3)18(19)20)15-13-11-9-7-5-2/h4-15H2,1-3H3,(H,19,20). The van der Waals surface area contributed by atoms with Crippen LogP contribution in [-0.4, -0.2) is 11.1 Å². The van der Waals surface area contributed by atoms with Gasteiger partial charge in [0.15, 0.2) is 0 Å². The van der Waals surface area contributed by atoms with Crippen LogP contribution in [0.3, 0.4) is 0 Å². The molecule has 0 saturated carbocycles. The Morgan fingerprint density at radius 1 is 0.750 bits per heavy atom. The zero-order chi connectivity index (χ0) is 15.2. The summed E-state index contributed by atoms with van der Waals surface area (Å²) in [6.07, 6.45) is 14.4. The third-order valence-electron chi connectivity index (χ3n) is 4.02. The van der Waals surface area contributed by atoms with Crippen LogP contribution in [0.1, 0.15) is 97.8 Å². The number of unbranched alkanes of at least 4 members (excludes halogenated alkanes) is 8. The predicted molar refractivity (Wildman–Crippen MR) is 87.1 cm³/mol. The molecule has 0 aliphatic rings. The van der Waals surface area contributed by atoms with Crippen LogP contribution in [0.15, 0.2) is 11.1 Å². The lowest BCUT2D eigenvalue weighted by Crippen LogP contribution is -2.02. The van der Waals surface area contributed by atoms with Crippen LogP contribution in [0.4, 0.5) is 0 Å². The van der Waals surface area contributed by atoms with Crippen LogP contribution in [0.2, 0.25) is 0 Å². The van der Waals surface area contributed by atoms with E-state index in [0.29, 0.717) is 5.57 Å². The Labute approximate surface area is 125 Å². The second-order valence-corrected chi connectivity index (χ2v) is 5.86. The van der Waals surface area contributed by atoms with E-state index in [9.17, 15) is 9.90 Å². The van der Waals surface area contributed by atoms with Crippen molar-refractivity contribution in [1.82, 2.24) is 0 Å². The zero-order valence-electron chi connectivity index (χ0n) is 13.8. The van der Waals surface area contributed by atoms with Crippen LogP contribution in [0.5, 0.6) is 0 Å². The van der Waals surface area contributed by atoms with Gasteiger partial charge >= 0.3 is 5.97 Å². The molecule has 0 heterocycles. The first-order valence-corrected chi connectivity index (χ1v) is 8.55. The maximum Gasteiger partial charge on any atom is 0.331 e. The Bertz CT molecular complexity index is 263. The van der Waals surface area contributed by atoms with E-state index in [1.807, 2.05) is 0 Å². The van der Waals surface area contributed by atoms with Crippen molar-refractivity contribution in [3.8, 4) is 0 Å². The summed E-state index contributed by atoms with van der Waals surface area (Å²) in [4.78, 5) is 11.2. The van der Waals surface area contributed by atoms with Gasteiger partial charge in [-0.1, -0.05) is 70.8 Å². The summed E-state index contributed by atoms with van der Waals surface area (Å²) in [5, 5.41) is 9.18. The van der Waals surface area contributed by atoms with E-state index < -0.39 is 5.97 Å². The van der Waals surface area contributed by atoms with E-state index in [1.54, 1.807) is 6.92 Å². The lowest BCUT2D eigenvalue weighted by molar-refractivity contribution is -0.132. The summed E-state index contributed by atoms with van der Waals surface area (Å²) in [5.74, 6) is -0.734. The number of carboxylic acid groups (broad SMARTS) is 1. The van der Waals surface area contributed by atoms with Crippen LogP contribution in [0.25, 0.3) is 0 Å². The van der Waals surface area contributed by atoms with Gasteiger partial charge in [0.05, 0.1) is 0 Å². The minimum absolute atomic E-state index is 0.594. The Balaban J connectivity index is 4.09. The number of aliphatic carboxylic acids is 1. The van der Waals surface area contributed by atoms with E-state index >= 15 is 0 Å². The van der Waals surface area contributed by atoms with Gasteiger partial charge in [0, 0.05) is 5.57 Å². The topological polar surface area (TPSA) is 37.3 Å². The number of hydrogen-bond donors (Lipinski definition) is 1. The number of allylic oxidation sites excluding steroid dienone is 1. The number of carboxylic acids is 1. The molecular weight excluding hydrogens is 248 g/mol. The summed E-state index contributed by atoms with van der Waals surface area (Å²) in [6.45, 7) is 6.21. The van der Waals surface area contributed by atoms with E-state index in [0.717, 1.165) is 25.7 Å². The summed E-state index contributed by atoms with van der Waals surface area (Å²) >= 11 is 0. The molecule has 0 aliphatic heterocycles. The Kier molecular flexibility index (Phi) is 12.7. The molecule has 0 amide bonds. The van der Waals surface area contributed by atoms with Crippen molar-refractivity contribution in [2.75, 3.05) is 0 Å². The SMILES string of the molecule is CCCCCCCC(CCCCCCC)=C(C)C(=O)O. The van der Waals surface area contributed by atoms with Gasteiger partial charge in [-0.15, -0.1) is 0 Å². The van der Waals surface area contributed by atoms with Gasteiger partial charge in [0.1, 0.15) is 0 Å². The average molecular weight is 282 g/mol. The molecule has 0 unspecified atom stereocenters. The molecule has 2 heteroatoms. The third-order valence-corrected chi connectivity index (χ3v) is 4.02. The van der Waals surface area contributed by atoms with Crippen molar-refractivity contribution in [2.24, 2.45) is 0 Å². The molecule has 0 aromatic carbocycles. The number of rotatable bonds is 13. The molecule has 0 spiro atoms. The lowest BCUT2D eigenvalue weighted by atomic mass is 9.96. The van der Waals surface area contributed by atoms with Gasteiger partial charge in [0.25, 0.3) is 0 Å². The first-order chi connectivity index (χ1) is 9.63. The van der Waals surface area contributed by atoms with Crippen LogP contribution in [-0.2, 0) is 4.79 Å². The molecule has 20 heavy (non-hydrogen) atoms. The third kappa shape index (κ3) is 10.1. The number of carbonyl (C=O) groups is 1. The van der Waals surface area contributed by atoms with Gasteiger partial charge in [-0.25, -0.2) is 4.79 Å². The highest BCUT2D eigenvalue weighted by atomic mass is 16.4. The predicted octanol–water partition coefficient (Wildman–Crippen LogP) is 6.11. The van der Waals surface area contributed by atoms with E-state index in [2.05, 4.69) is 13.8 Å². The smallest absolute Gasteiger partial charge is 0.331 e. The number of hydrogen-bond acceptors (Lipinski definition) is 1. The first-order valence-electron chi connectivity index (χ1n) is 8.55. The molecule has 118 valence electrons. The normalized spacial score (nSPS) is 10.6. The summed E-state index contributed by atoms with van der Waals surface area (Å²) in [5.41, 5.74) is 1.78. The second-order valence-electron chi connectivity index (χ2n) is 5.86. The van der Waals surface area contributed by atoms with E-state index in [4.69, 9.17) is 0 Å². The fourth-order valence-corrected chi connectivity index (χ4v) is 2.54. The molecule has 0 atom stereocenters. The minimum Gasteiger partial charge on any atom is -0.478 e. The summed E-state index contributed by atoms with van der Waals surface area (Å²) in [6, 6.07) is 0. The maximum absolute atomic E-state index is 11.2. The van der Waals surface area contributed by atoms with Crippen molar-refractivity contribution in [3.05, 3.63) is 11.1 Å². The van der Waals surface area contributed by atoms with Crippen molar-refractivity contribution >= 4 is 5.97 Å². The average Bonchev–Trinajstić information content (AvgIpc) is 2.43. The van der Waals surface area contributed by atoms with Crippen molar-refractivity contribution in [2.45, 2.75) is 97.8 Å². The molecule has 0 aromatic rings. The van der Waals surface area contributed by atoms with Crippen LogP contribution < -0.4 is 0 Å². The van der Waals surface area contributed by atoms with Crippen molar-refractivity contribution in [3.63, 3.8) is 0 Å². The first kappa shape index (κ1) is 19.2. The van der Waals surface area contributed by atoms with Crippen molar-refractivity contribution in [1.29, 1.82) is 0 Å². The summed E-state index contributed by atoms with van der Waals surface area (Å²) in [7, 11) is 0. The van der Waals surface area contributed by atoms with Gasteiger partial charge in [-0.05, 0) is 32.6 Å². The van der Waals surface area contributed by atoms with Gasteiger partial charge in [0.2, 0.25) is 0 Å². The summed E-state index contributed by atoms with van der Waals surface area (Å²) < 4.78 is 0. The molecule has 0 bridgehead atoms. The Morgan fingerprint density at radius 2 is 1.15 bits per heavy atom. The fourth-order valence-electron chi connectivity index (χ4n) is 2.54. The molecule has 0 rings (SSSR count). The van der Waals surface area contributed by atoms with Crippen LogP contribution in [0, 0.1) is 0 Å². The quantitative estimate of drug-likeness (QED) is 0.327. The van der Waals surface area contributed by atoms with Gasteiger partial charge < -0.3 is 5.11 Å². The second kappa shape index (κ2) is 13.2. The van der Waals surface area contributed by atoms with Gasteiger partial charge in [-0.2, -0.15) is 0 Å². The molecule has 0 radical (unpaired) electrons. The molecular formula is C18H34O2. The highest BCUT2D eigenvalue weighted by Gasteiger charge is 2.09. The largest absolute Gasteiger partial charge is 0.478 e. The monoisotopic (exact) mass is 282 g/mol. The molecule has 0 aliphatic carbocycles. The van der Waals surface area contributed by atoms with Crippen LogP contribution >= 0.6 is 0 Å². The molecule has 0 fully saturated rings. The maximum atomic E-state index is 11.2. The molecule has 0 saturated heterocycles. The highest BCUT2D eigenvalue weighted by molar-refractivity contribution is 5.86. The minimum atomic E-state index is -0.734. The highest BCUT2D eigenvalue weighted by Crippen LogP contribution is 2.21. The fraction of sp³-hybridized carbons (Fsp3) is 0.833. The van der Waals surface area contributed by atoms with E-state index in [-0.39, 0.29) is 0 Å². The lowest BCUT2D eigenvalue weighted by Gasteiger charge is -2.10. The van der Waals surface area contributed by atoms with Gasteiger partial charge in [-0.3, -0.25) is 0 Å². The Morgan fingerprint density at radius 3 is 1.50 bits per heavy atom. The Hall–Kier alpha value is -0.790. The van der Waals surface area contributed by atoms with E-state index in [1.165, 1.54) is 56.9 Å². The zero-order valence-corrected chi connectivity index (χ0v) is 13.8. The van der Waals surface area contributed by atoms with Crippen molar-refractivity contribution < 1.29 is 9.90 Å². The molecule has 2 nitrogen and oxygen atoms in total.